The molecule has 0 saturated carbocycles. The van der Waals surface area contributed by atoms with Crippen LogP contribution in [0, 0.1) is 30.6 Å². The van der Waals surface area contributed by atoms with Crippen molar-refractivity contribution in [1.82, 2.24) is 9.55 Å². The lowest BCUT2D eigenvalue weighted by Crippen LogP contribution is -2.23. The standard InChI is InChI=1S/C16H31N3/c1-11(2)8-17-16-18-14(7)9-19(16)10-15(12(3)4)13(5)6/h9,11-13,15H,8,10H2,1-7H3,(H,17,18). The van der Waals surface area contributed by atoms with E-state index in [9.17, 15) is 0 Å². The summed E-state index contributed by atoms with van der Waals surface area (Å²) in [6.07, 6.45) is 2.17. The molecule has 0 radical (unpaired) electrons. The van der Waals surface area contributed by atoms with Gasteiger partial charge in [0.05, 0.1) is 5.69 Å². The van der Waals surface area contributed by atoms with Crippen LogP contribution in [0.4, 0.5) is 5.95 Å². The van der Waals surface area contributed by atoms with Gasteiger partial charge in [0.25, 0.3) is 0 Å². The molecule has 0 saturated heterocycles. The number of hydrogen-bond acceptors (Lipinski definition) is 2. The van der Waals surface area contributed by atoms with Crippen LogP contribution in [0.2, 0.25) is 0 Å². The summed E-state index contributed by atoms with van der Waals surface area (Å²) in [7, 11) is 0. The van der Waals surface area contributed by atoms with Crippen molar-refractivity contribution in [3.63, 3.8) is 0 Å². The third kappa shape index (κ3) is 4.88. The normalized spacial score (nSPS) is 12.2. The quantitative estimate of drug-likeness (QED) is 0.801. The number of aryl methyl sites for hydroxylation is 1. The zero-order chi connectivity index (χ0) is 14.6. The summed E-state index contributed by atoms with van der Waals surface area (Å²) >= 11 is 0. The molecule has 0 aliphatic heterocycles. The van der Waals surface area contributed by atoms with E-state index in [0.29, 0.717) is 23.7 Å². The van der Waals surface area contributed by atoms with E-state index < -0.39 is 0 Å². The monoisotopic (exact) mass is 265 g/mol. The van der Waals surface area contributed by atoms with Crippen molar-refractivity contribution < 1.29 is 0 Å². The van der Waals surface area contributed by atoms with Crippen molar-refractivity contribution in [1.29, 1.82) is 0 Å². The van der Waals surface area contributed by atoms with Crippen LogP contribution in [0.15, 0.2) is 6.20 Å². The van der Waals surface area contributed by atoms with E-state index in [1.807, 2.05) is 0 Å². The maximum Gasteiger partial charge on any atom is 0.203 e. The minimum atomic E-state index is 0.636. The first kappa shape index (κ1) is 16.1. The summed E-state index contributed by atoms with van der Waals surface area (Å²) in [4.78, 5) is 4.61. The number of imidazole rings is 1. The molecule has 1 N–H and O–H groups in total. The van der Waals surface area contributed by atoms with Crippen molar-refractivity contribution >= 4 is 5.95 Å². The zero-order valence-corrected chi connectivity index (χ0v) is 13.7. The largest absolute Gasteiger partial charge is 0.355 e. The molecule has 19 heavy (non-hydrogen) atoms. The number of nitrogens with one attached hydrogen (secondary N) is 1. The molecular weight excluding hydrogens is 234 g/mol. The van der Waals surface area contributed by atoms with Crippen LogP contribution in [-0.4, -0.2) is 16.1 Å². The van der Waals surface area contributed by atoms with E-state index in [4.69, 9.17) is 0 Å². The lowest BCUT2D eigenvalue weighted by Gasteiger charge is -2.26. The molecule has 1 rings (SSSR count). The van der Waals surface area contributed by atoms with Crippen LogP contribution < -0.4 is 5.32 Å². The molecule has 0 bridgehead atoms. The maximum atomic E-state index is 4.61. The average molecular weight is 265 g/mol. The summed E-state index contributed by atoms with van der Waals surface area (Å²) < 4.78 is 2.29. The minimum Gasteiger partial charge on any atom is -0.355 e. The molecule has 1 aromatic rings. The van der Waals surface area contributed by atoms with Gasteiger partial charge in [0.1, 0.15) is 0 Å². The van der Waals surface area contributed by atoms with E-state index in [2.05, 4.69) is 69.5 Å². The van der Waals surface area contributed by atoms with E-state index in [-0.39, 0.29) is 0 Å². The van der Waals surface area contributed by atoms with Gasteiger partial charge in [0.2, 0.25) is 5.95 Å². The maximum absolute atomic E-state index is 4.61. The molecule has 0 aromatic carbocycles. The second kappa shape index (κ2) is 6.97. The van der Waals surface area contributed by atoms with Gasteiger partial charge in [0, 0.05) is 19.3 Å². The number of aromatic nitrogens is 2. The Labute approximate surface area is 118 Å². The predicted octanol–water partition coefficient (Wildman–Crippen LogP) is 4.19. The lowest BCUT2D eigenvalue weighted by molar-refractivity contribution is 0.253. The van der Waals surface area contributed by atoms with Gasteiger partial charge in [-0.1, -0.05) is 41.5 Å². The summed E-state index contributed by atoms with van der Waals surface area (Å²) in [6.45, 7) is 17.8. The first-order valence-electron chi connectivity index (χ1n) is 7.58. The topological polar surface area (TPSA) is 29.9 Å². The van der Waals surface area contributed by atoms with Crippen LogP contribution in [0.5, 0.6) is 0 Å². The molecule has 1 aromatic heterocycles. The Kier molecular flexibility index (Phi) is 5.89. The SMILES string of the molecule is Cc1cn(CC(C(C)C)C(C)C)c(NCC(C)C)n1. The summed E-state index contributed by atoms with van der Waals surface area (Å²) in [6, 6.07) is 0. The van der Waals surface area contributed by atoms with E-state index in [0.717, 1.165) is 24.7 Å². The van der Waals surface area contributed by atoms with Crippen molar-refractivity contribution in [2.45, 2.75) is 55.0 Å². The molecule has 110 valence electrons. The zero-order valence-electron chi connectivity index (χ0n) is 13.7. The molecule has 0 amide bonds. The van der Waals surface area contributed by atoms with Crippen molar-refractivity contribution in [3.8, 4) is 0 Å². The van der Waals surface area contributed by atoms with Gasteiger partial charge in [-0.15, -0.1) is 0 Å². The van der Waals surface area contributed by atoms with Crippen molar-refractivity contribution in [3.05, 3.63) is 11.9 Å². The molecule has 0 spiro atoms. The van der Waals surface area contributed by atoms with E-state index in [1.165, 1.54) is 0 Å². The summed E-state index contributed by atoms with van der Waals surface area (Å²) in [5, 5.41) is 3.47. The van der Waals surface area contributed by atoms with Gasteiger partial charge in [-0.2, -0.15) is 0 Å². The minimum absolute atomic E-state index is 0.636. The van der Waals surface area contributed by atoms with Crippen LogP contribution in [0.25, 0.3) is 0 Å². The molecule has 0 unspecified atom stereocenters. The second-order valence-electron chi connectivity index (χ2n) is 6.78. The predicted molar refractivity (Wildman–Crippen MR) is 83.5 cm³/mol. The van der Waals surface area contributed by atoms with Gasteiger partial charge in [-0.25, -0.2) is 4.98 Å². The first-order valence-corrected chi connectivity index (χ1v) is 7.58. The Morgan fingerprint density at radius 1 is 1.11 bits per heavy atom. The summed E-state index contributed by atoms with van der Waals surface area (Å²) in [5.41, 5.74) is 1.09. The smallest absolute Gasteiger partial charge is 0.203 e. The highest BCUT2D eigenvalue weighted by Crippen LogP contribution is 2.24. The Balaban J connectivity index is 2.81. The Morgan fingerprint density at radius 3 is 2.16 bits per heavy atom. The highest BCUT2D eigenvalue weighted by Gasteiger charge is 2.19. The van der Waals surface area contributed by atoms with Gasteiger partial charge in [-0.3, -0.25) is 0 Å². The second-order valence-corrected chi connectivity index (χ2v) is 6.78. The molecule has 0 fully saturated rings. The van der Waals surface area contributed by atoms with Crippen LogP contribution in [0.3, 0.4) is 0 Å². The number of anilines is 1. The van der Waals surface area contributed by atoms with Gasteiger partial charge < -0.3 is 9.88 Å². The highest BCUT2D eigenvalue weighted by molar-refractivity contribution is 5.28. The average Bonchev–Trinajstić information content (AvgIpc) is 2.62. The number of nitrogens with zero attached hydrogens (tertiary/aromatic N) is 2. The molecular formula is C16H31N3. The van der Waals surface area contributed by atoms with Crippen LogP contribution in [0.1, 0.15) is 47.2 Å². The molecule has 0 aliphatic carbocycles. The van der Waals surface area contributed by atoms with Gasteiger partial charge in [0.15, 0.2) is 0 Å². The van der Waals surface area contributed by atoms with Crippen molar-refractivity contribution in [2.24, 2.45) is 23.7 Å². The number of hydrogen-bond donors (Lipinski definition) is 1. The molecule has 0 atom stereocenters. The highest BCUT2D eigenvalue weighted by atomic mass is 15.2. The summed E-state index contributed by atoms with van der Waals surface area (Å²) in [5.74, 6) is 3.74. The van der Waals surface area contributed by atoms with Crippen LogP contribution >= 0.6 is 0 Å². The third-order valence-electron chi connectivity index (χ3n) is 3.69. The fourth-order valence-corrected chi connectivity index (χ4v) is 2.54. The molecule has 1 heterocycles. The van der Waals surface area contributed by atoms with Gasteiger partial charge in [-0.05, 0) is 30.6 Å². The van der Waals surface area contributed by atoms with E-state index >= 15 is 0 Å². The van der Waals surface area contributed by atoms with Crippen LogP contribution in [-0.2, 0) is 6.54 Å². The first-order chi connectivity index (χ1) is 8.81. The van der Waals surface area contributed by atoms with Crippen molar-refractivity contribution in [2.75, 3.05) is 11.9 Å². The number of rotatable bonds is 7. The molecule has 3 heteroatoms. The lowest BCUT2D eigenvalue weighted by atomic mass is 9.85. The molecule has 3 nitrogen and oxygen atoms in total. The third-order valence-corrected chi connectivity index (χ3v) is 3.69. The Bertz CT molecular complexity index is 369. The fourth-order valence-electron chi connectivity index (χ4n) is 2.54. The van der Waals surface area contributed by atoms with E-state index in [1.54, 1.807) is 0 Å². The van der Waals surface area contributed by atoms with Gasteiger partial charge >= 0.3 is 0 Å². The Morgan fingerprint density at radius 2 is 1.68 bits per heavy atom. The Hall–Kier alpha value is -0.990. The molecule has 0 aliphatic rings. The fraction of sp³-hybridized carbons (Fsp3) is 0.812.